The Morgan fingerprint density at radius 1 is 0.920 bits per heavy atom. The van der Waals surface area contributed by atoms with Crippen LogP contribution < -0.4 is 9.47 Å². The average Bonchev–Trinajstić information content (AvgIpc) is 2.67. The number of nitrogens with zero attached hydrogens (tertiary/aromatic N) is 2. The third-order valence-electron chi connectivity index (χ3n) is 3.81. The second-order valence-corrected chi connectivity index (χ2v) is 5.29. The molecule has 1 heterocycles. The predicted octanol–water partition coefficient (Wildman–Crippen LogP) is 4.44. The van der Waals surface area contributed by atoms with Crippen LogP contribution >= 0.6 is 0 Å². The normalized spacial score (nSPS) is 10.2. The number of hydrogen-bond donors (Lipinski definition) is 0. The zero-order valence-corrected chi connectivity index (χ0v) is 13.8. The summed E-state index contributed by atoms with van der Waals surface area (Å²) in [6.45, 7) is 0. The molecule has 0 unspecified atom stereocenters. The molecule has 0 atom stereocenters. The summed E-state index contributed by atoms with van der Waals surface area (Å²) in [7, 11) is 3.06. The molecule has 0 saturated carbocycles. The lowest BCUT2D eigenvalue weighted by atomic mass is 9.98. The molecule has 0 N–H and O–H groups in total. The van der Waals surface area contributed by atoms with Gasteiger partial charge in [-0.3, -0.25) is 0 Å². The summed E-state index contributed by atoms with van der Waals surface area (Å²) in [5.74, 6) is 0.524. The molecule has 5 heteroatoms. The number of aromatic nitrogens is 1. The van der Waals surface area contributed by atoms with Crippen molar-refractivity contribution in [2.45, 2.75) is 0 Å². The van der Waals surface area contributed by atoms with E-state index in [1.807, 2.05) is 18.2 Å². The molecular formula is C20H15FN2O2. The fraction of sp³-hybridized carbons (Fsp3) is 0.100. The van der Waals surface area contributed by atoms with E-state index in [4.69, 9.17) is 14.7 Å². The third-order valence-corrected chi connectivity index (χ3v) is 3.81. The first-order valence-corrected chi connectivity index (χ1v) is 7.55. The Morgan fingerprint density at radius 2 is 1.56 bits per heavy atom. The average molecular weight is 334 g/mol. The van der Waals surface area contributed by atoms with Crippen LogP contribution in [0, 0.1) is 17.1 Å². The molecule has 25 heavy (non-hydrogen) atoms. The van der Waals surface area contributed by atoms with Gasteiger partial charge >= 0.3 is 0 Å². The standard InChI is InChI=1S/C20H15FN2O2/c1-24-18-11-17(14-5-3-13(12-22)4-6-14)19(23-20(18)25-2)15-7-9-16(21)10-8-15/h3-11H,1-2H3. The van der Waals surface area contributed by atoms with Crippen LogP contribution in [0.1, 0.15) is 5.56 Å². The van der Waals surface area contributed by atoms with Gasteiger partial charge < -0.3 is 9.47 Å². The van der Waals surface area contributed by atoms with Crippen molar-refractivity contribution in [3.05, 3.63) is 66.0 Å². The first kappa shape index (κ1) is 16.5. The first-order chi connectivity index (χ1) is 12.2. The van der Waals surface area contributed by atoms with Gasteiger partial charge in [-0.1, -0.05) is 12.1 Å². The van der Waals surface area contributed by atoms with Gasteiger partial charge in [0.1, 0.15) is 5.82 Å². The number of ether oxygens (including phenoxy) is 2. The van der Waals surface area contributed by atoms with Crippen LogP contribution in [0.2, 0.25) is 0 Å². The Morgan fingerprint density at radius 3 is 2.12 bits per heavy atom. The summed E-state index contributed by atoms with van der Waals surface area (Å²) >= 11 is 0. The molecule has 3 aromatic rings. The van der Waals surface area contributed by atoms with Crippen molar-refractivity contribution in [3.63, 3.8) is 0 Å². The summed E-state index contributed by atoms with van der Waals surface area (Å²) in [5.41, 5.74) is 3.63. The second-order valence-electron chi connectivity index (χ2n) is 5.29. The number of benzene rings is 2. The molecule has 0 fully saturated rings. The molecule has 0 radical (unpaired) electrons. The summed E-state index contributed by atoms with van der Waals surface area (Å²) in [6.07, 6.45) is 0. The third kappa shape index (κ3) is 3.29. The molecule has 0 aliphatic carbocycles. The van der Waals surface area contributed by atoms with Gasteiger partial charge in [0.2, 0.25) is 0 Å². The van der Waals surface area contributed by atoms with E-state index >= 15 is 0 Å². The van der Waals surface area contributed by atoms with E-state index < -0.39 is 0 Å². The molecule has 0 bridgehead atoms. The summed E-state index contributed by atoms with van der Waals surface area (Å²) in [4.78, 5) is 4.55. The topological polar surface area (TPSA) is 55.1 Å². The van der Waals surface area contributed by atoms with Crippen molar-refractivity contribution in [3.8, 4) is 40.1 Å². The quantitative estimate of drug-likeness (QED) is 0.707. The smallest absolute Gasteiger partial charge is 0.257 e. The van der Waals surface area contributed by atoms with E-state index in [0.29, 0.717) is 22.9 Å². The molecule has 2 aromatic carbocycles. The SMILES string of the molecule is COc1cc(-c2ccc(C#N)cc2)c(-c2ccc(F)cc2)nc1OC. The minimum Gasteiger partial charge on any atom is -0.491 e. The van der Waals surface area contributed by atoms with Gasteiger partial charge in [0.15, 0.2) is 5.75 Å². The maximum Gasteiger partial charge on any atom is 0.257 e. The van der Waals surface area contributed by atoms with E-state index in [0.717, 1.165) is 16.7 Å². The molecule has 124 valence electrons. The maximum absolute atomic E-state index is 13.3. The van der Waals surface area contributed by atoms with Crippen molar-refractivity contribution in [2.75, 3.05) is 14.2 Å². The van der Waals surface area contributed by atoms with Crippen molar-refractivity contribution in [2.24, 2.45) is 0 Å². The molecule has 0 saturated heterocycles. The molecule has 0 spiro atoms. The predicted molar refractivity (Wildman–Crippen MR) is 92.9 cm³/mol. The van der Waals surface area contributed by atoms with Gasteiger partial charge in [0.05, 0.1) is 31.5 Å². The van der Waals surface area contributed by atoms with E-state index in [2.05, 4.69) is 11.1 Å². The minimum absolute atomic E-state index is 0.316. The number of methoxy groups -OCH3 is 2. The Hall–Kier alpha value is -3.39. The summed E-state index contributed by atoms with van der Waals surface area (Å²) in [5, 5.41) is 8.97. The van der Waals surface area contributed by atoms with Crippen LogP contribution in [-0.2, 0) is 0 Å². The summed E-state index contributed by atoms with van der Waals surface area (Å²) < 4.78 is 23.9. The van der Waals surface area contributed by atoms with Crippen molar-refractivity contribution in [1.29, 1.82) is 5.26 Å². The molecule has 3 rings (SSSR count). The molecule has 0 aliphatic rings. The zero-order valence-electron chi connectivity index (χ0n) is 13.8. The Bertz CT molecular complexity index is 930. The maximum atomic E-state index is 13.3. The highest BCUT2D eigenvalue weighted by molar-refractivity contribution is 5.82. The van der Waals surface area contributed by atoms with Crippen molar-refractivity contribution in [1.82, 2.24) is 4.98 Å². The number of nitriles is 1. The molecule has 0 amide bonds. The highest BCUT2D eigenvalue weighted by atomic mass is 19.1. The van der Waals surface area contributed by atoms with Crippen LogP contribution in [0.3, 0.4) is 0 Å². The lowest BCUT2D eigenvalue weighted by Gasteiger charge is -2.14. The monoisotopic (exact) mass is 334 g/mol. The molecule has 1 aromatic heterocycles. The van der Waals surface area contributed by atoms with Crippen LogP contribution in [-0.4, -0.2) is 19.2 Å². The lowest BCUT2D eigenvalue weighted by molar-refractivity contribution is 0.343. The van der Waals surface area contributed by atoms with Crippen LogP contribution in [0.25, 0.3) is 22.4 Å². The van der Waals surface area contributed by atoms with Gasteiger partial charge in [0, 0.05) is 11.1 Å². The molecule has 0 aliphatic heterocycles. The number of pyridine rings is 1. The van der Waals surface area contributed by atoms with Crippen LogP contribution in [0.4, 0.5) is 4.39 Å². The molecule has 4 nitrogen and oxygen atoms in total. The van der Waals surface area contributed by atoms with Crippen LogP contribution in [0.5, 0.6) is 11.6 Å². The molecular weight excluding hydrogens is 319 g/mol. The number of rotatable bonds is 4. The van der Waals surface area contributed by atoms with Gasteiger partial charge in [-0.15, -0.1) is 0 Å². The van der Waals surface area contributed by atoms with E-state index in [1.54, 1.807) is 31.4 Å². The van der Waals surface area contributed by atoms with Gasteiger partial charge in [-0.2, -0.15) is 5.26 Å². The van der Waals surface area contributed by atoms with Crippen molar-refractivity contribution >= 4 is 0 Å². The Balaban J connectivity index is 2.23. The lowest BCUT2D eigenvalue weighted by Crippen LogP contribution is -1.98. The second kappa shape index (κ2) is 7.02. The Kier molecular flexibility index (Phi) is 4.62. The zero-order chi connectivity index (χ0) is 17.8. The summed E-state index contributed by atoms with van der Waals surface area (Å²) in [6, 6.07) is 17.2. The van der Waals surface area contributed by atoms with E-state index in [-0.39, 0.29) is 5.82 Å². The minimum atomic E-state index is -0.316. The van der Waals surface area contributed by atoms with Gasteiger partial charge in [0.25, 0.3) is 5.88 Å². The largest absolute Gasteiger partial charge is 0.491 e. The first-order valence-electron chi connectivity index (χ1n) is 7.55. The number of hydrogen-bond acceptors (Lipinski definition) is 4. The number of halogens is 1. The van der Waals surface area contributed by atoms with Gasteiger partial charge in [-0.05, 0) is 48.0 Å². The van der Waals surface area contributed by atoms with Crippen LogP contribution in [0.15, 0.2) is 54.6 Å². The fourth-order valence-corrected chi connectivity index (χ4v) is 2.54. The highest BCUT2D eigenvalue weighted by Crippen LogP contribution is 2.38. The Labute approximate surface area is 145 Å². The fourth-order valence-electron chi connectivity index (χ4n) is 2.54. The van der Waals surface area contributed by atoms with Gasteiger partial charge in [-0.25, -0.2) is 9.37 Å². The van der Waals surface area contributed by atoms with Crippen molar-refractivity contribution < 1.29 is 13.9 Å². The highest BCUT2D eigenvalue weighted by Gasteiger charge is 2.16. The van der Waals surface area contributed by atoms with E-state index in [1.165, 1.54) is 19.2 Å². The van der Waals surface area contributed by atoms with E-state index in [9.17, 15) is 4.39 Å².